The number of rotatable bonds is 5. The number of hydrogen-bond acceptors (Lipinski definition) is 4. The Hall–Kier alpha value is -2.05. The topological polar surface area (TPSA) is 56.9 Å². The minimum Gasteiger partial charge on any atom is -0.280 e. The van der Waals surface area contributed by atoms with Crippen molar-refractivity contribution in [3.05, 3.63) is 67.4 Å². The molecule has 1 aromatic carbocycles. The molecule has 2 heterocycles. The van der Waals surface area contributed by atoms with Crippen molar-refractivity contribution in [1.29, 1.82) is 0 Å². The Morgan fingerprint density at radius 3 is 2.54 bits per heavy atom. The van der Waals surface area contributed by atoms with E-state index >= 15 is 0 Å². The number of fused-ring (bicyclic) bond motifs is 1. The summed E-state index contributed by atoms with van der Waals surface area (Å²) < 4.78 is 2.56. The highest BCUT2D eigenvalue weighted by Crippen LogP contribution is 2.33. The van der Waals surface area contributed by atoms with Crippen LogP contribution in [0.4, 0.5) is 0 Å². The third-order valence-corrected chi connectivity index (χ3v) is 5.92. The largest absolute Gasteiger partial charge is 0.332 e. The fourth-order valence-corrected chi connectivity index (χ4v) is 4.42. The zero-order chi connectivity index (χ0) is 18.8. The summed E-state index contributed by atoms with van der Waals surface area (Å²) in [6, 6.07) is 7.68. The Morgan fingerprint density at radius 2 is 1.85 bits per heavy atom. The molecule has 26 heavy (non-hydrogen) atoms. The summed E-state index contributed by atoms with van der Waals surface area (Å²) in [4.78, 5) is 30.3. The third-order valence-electron chi connectivity index (χ3n) is 4.34. The van der Waals surface area contributed by atoms with Gasteiger partial charge in [-0.1, -0.05) is 43.1 Å². The average Bonchev–Trinajstić information content (AvgIpc) is 2.64. The van der Waals surface area contributed by atoms with Gasteiger partial charge in [-0.2, -0.15) is 0 Å². The molecular formula is C19H20ClN3O2S. The Labute approximate surface area is 160 Å². The molecule has 0 aliphatic heterocycles. The van der Waals surface area contributed by atoms with E-state index in [-0.39, 0.29) is 11.2 Å². The highest BCUT2D eigenvalue weighted by atomic mass is 35.5. The summed E-state index contributed by atoms with van der Waals surface area (Å²) in [5.74, 6) is 0.640. The summed E-state index contributed by atoms with van der Waals surface area (Å²) >= 11 is 7.84. The molecule has 0 fully saturated rings. The van der Waals surface area contributed by atoms with E-state index in [4.69, 9.17) is 11.6 Å². The normalized spacial score (nSPS) is 11.2. The van der Waals surface area contributed by atoms with Gasteiger partial charge in [0, 0.05) is 36.0 Å². The second kappa shape index (κ2) is 7.68. The maximum Gasteiger partial charge on any atom is 0.332 e. The van der Waals surface area contributed by atoms with Gasteiger partial charge in [0.25, 0.3) is 5.56 Å². The van der Waals surface area contributed by atoms with Gasteiger partial charge in [0.1, 0.15) is 5.65 Å². The predicted molar refractivity (Wildman–Crippen MR) is 107 cm³/mol. The lowest BCUT2D eigenvalue weighted by Crippen LogP contribution is -2.37. The molecule has 0 unspecified atom stereocenters. The van der Waals surface area contributed by atoms with E-state index in [9.17, 15) is 9.59 Å². The summed E-state index contributed by atoms with van der Waals surface area (Å²) in [7, 11) is 3.14. The molecule has 3 rings (SSSR count). The molecule has 0 bridgehead atoms. The van der Waals surface area contributed by atoms with Crippen LogP contribution in [-0.4, -0.2) is 14.1 Å². The van der Waals surface area contributed by atoms with Crippen LogP contribution in [0.25, 0.3) is 11.0 Å². The van der Waals surface area contributed by atoms with Crippen LogP contribution in [0, 0.1) is 0 Å². The van der Waals surface area contributed by atoms with Gasteiger partial charge in [-0.15, -0.1) is 11.8 Å². The Morgan fingerprint density at radius 1 is 1.12 bits per heavy atom. The molecule has 0 amide bonds. The number of thioether (sulfide) groups is 1. The van der Waals surface area contributed by atoms with Crippen LogP contribution in [-0.2, 0) is 26.3 Å². The van der Waals surface area contributed by atoms with Crippen molar-refractivity contribution in [2.75, 3.05) is 0 Å². The second-order valence-electron chi connectivity index (χ2n) is 6.15. The van der Waals surface area contributed by atoms with E-state index in [1.807, 2.05) is 24.3 Å². The molecule has 0 aliphatic rings. The van der Waals surface area contributed by atoms with Gasteiger partial charge >= 0.3 is 5.69 Å². The van der Waals surface area contributed by atoms with Crippen LogP contribution in [0.2, 0.25) is 5.02 Å². The highest BCUT2D eigenvalue weighted by molar-refractivity contribution is 7.98. The van der Waals surface area contributed by atoms with Gasteiger partial charge in [0.15, 0.2) is 0 Å². The number of hydrogen-bond donors (Lipinski definition) is 0. The van der Waals surface area contributed by atoms with E-state index in [0.717, 1.165) is 33.4 Å². The number of aryl methyl sites for hydroxylation is 2. The first kappa shape index (κ1) is 18.7. The van der Waals surface area contributed by atoms with E-state index < -0.39 is 0 Å². The van der Waals surface area contributed by atoms with Gasteiger partial charge in [-0.05, 0) is 23.6 Å². The van der Waals surface area contributed by atoms with Crippen molar-refractivity contribution in [3.8, 4) is 0 Å². The van der Waals surface area contributed by atoms with Gasteiger partial charge in [0.2, 0.25) is 0 Å². The van der Waals surface area contributed by atoms with Crippen LogP contribution in [0.3, 0.4) is 0 Å². The van der Waals surface area contributed by atoms with E-state index in [2.05, 4.69) is 11.9 Å². The number of halogens is 1. The minimum absolute atomic E-state index is 0.310. The first-order valence-corrected chi connectivity index (χ1v) is 9.75. The summed E-state index contributed by atoms with van der Waals surface area (Å²) in [6.07, 6.45) is 3.54. The smallest absolute Gasteiger partial charge is 0.280 e. The summed E-state index contributed by atoms with van der Waals surface area (Å²) in [5, 5.41) is 1.20. The van der Waals surface area contributed by atoms with Gasteiger partial charge in [0.05, 0.1) is 5.39 Å². The highest BCUT2D eigenvalue weighted by Gasteiger charge is 2.17. The van der Waals surface area contributed by atoms with Crippen molar-refractivity contribution in [1.82, 2.24) is 14.1 Å². The minimum atomic E-state index is -0.375. The molecule has 0 radical (unpaired) electrons. The van der Waals surface area contributed by atoms with Crippen molar-refractivity contribution in [3.63, 3.8) is 0 Å². The molecule has 3 aromatic rings. The average molecular weight is 390 g/mol. The van der Waals surface area contributed by atoms with Crippen LogP contribution in [0.5, 0.6) is 0 Å². The van der Waals surface area contributed by atoms with Crippen molar-refractivity contribution < 1.29 is 0 Å². The fraction of sp³-hybridized carbons (Fsp3) is 0.316. The number of nitrogens with zero attached hydrogens (tertiary/aromatic N) is 3. The van der Waals surface area contributed by atoms with E-state index in [1.54, 1.807) is 25.0 Å². The van der Waals surface area contributed by atoms with E-state index in [0.29, 0.717) is 21.8 Å². The molecule has 0 N–H and O–H groups in total. The molecule has 0 aliphatic carbocycles. The number of pyridine rings is 1. The quantitative estimate of drug-likeness (QED) is 0.626. The molecule has 7 heteroatoms. The first-order chi connectivity index (χ1) is 12.5. The zero-order valence-electron chi connectivity index (χ0n) is 15.0. The lowest BCUT2D eigenvalue weighted by atomic mass is 10.1. The van der Waals surface area contributed by atoms with Crippen LogP contribution in [0.15, 0.2) is 44.9 Å². The van der Waals surface area contributed by atoms with E-state index in [1.165, 1.54) is 11.6 Å². The molecular weight excluding hydrogens is 370 g/mol. The van der Waals surface area contributed by atoms with Crippen molar-refractivity contribution in [2.24, 2.45) is 14.1 Å². The molecule has 2 aromatic heterocycles. The van der Waals surface area contributed by atoms with Crippen LogP contribution in [0.1, 0.15) is 24.5 Å². The van der Waals surface area contributed by atoms with Crippen LogP contribution >= 0.6 is 23.4 Å². The lowest BCUT2D eigenvalue weighted by molar-refractivity contribution is 0.704. The number of aromatic nitrogens is 3. The Balaban J connectivity index is 2.20. The Bertz CT molecular complexity index is 1090. The monoisotopic (exact) mass is 389 g/mol. The third kappa shape index (κ3) is 3.31. The van der Waals surface area contributed by atoms with Gasteiger partial charge in [-0.25, -0.2) is 9.78 Å². The molecule has 0 saturated carbocycles. The zero-order valence-corrected chi connectivity index (χ0v) is 16.5. The predicted octanol–water partition coefficient (Wildman–Crippen LogP) is 3.53. The molecule has 0 saturated heterocycles. The van der Waals surface area contributed by atoms with Gasteiger partial charge in [-0.3, -0.25) is 13.9 Å². The second-order valence-corrected chi connectivity index (χ2v) is 7.54. The lowest BCUT2D eigenvalue weighted by Gasteiger charge is -2.14. The molecule has 0 spiro atoms. The van der Waals surface area contributed by atoms with Crippen molar-refractivity contribution >= 4 is 34.4 Å². The Kier molecular flexibility index (Phi) is 5.53. The number of benzene rings is 1. The molecule has 5 nitrogen and oxygen atoms in total. The standard InChI is InChI=1S/C19H20ClN3O2S/c1-4-7-12-10-21-17-15(18(24)23(3)19(25)22(17)2)16(12)26-11-13-8-5-6-9-14(13)20/h5-6,8-10H,4,7,11H2,1-3H3. The maximum atomic E-state index is 12.8. The van der Waals surface area contributed by atoms with Crippen molar-refractivity contribution in [2.45, 2.75) is 30.4 Å². The van der Waals surface area contributed by atoms with Gasteiger partial charge < -0.3 is 0 Å². The fourth-order valence-electron chi connectivity index (χ4n) is 2.92. The molecule has 136 valence electrons. The molecule has 0 atom stereocenters. The van der Waals surface area contributed by atoms with Crippen LogP contribution < -0.4 is 11.2 Å². The summed E-state index contributed by atoms with van der Waals surface area (Å²) in [6.45, 7) is 2.09. The maximum absolute atomic E-state index is 12.8. The first-order valence-electron chi connectivity index (χ1n) is 8.39. The SMILES string of the molecule is CCCc1cnc2c(c1SCc1ccccc1Cl)c(=O)n(C)c(=O)n2C. The summed E-state index contributed by atoms with van der Waals surface area (Å²) in [5.41, 5.74) is 1.76.